The Hall–Kier alpha value is -6.70. The van der Waals surface area contributed by atoms with Crippen LogP contribution in [0.15, 0.2) is 60.7 Å². The predicted octanol–water partition coefficient (Wildman–Crippen LogP) is -0.912. The van der Waals surface area contributed by atoms with Crippen LogP contribution in [-0.2, 0) is 65.6 Å². The summed E-state index contributed by atoms with van der Waals surface area (Å²) < 4.78 is 0. The minimum absolute atomic E-state index is 0.0490. The molecule has 5 aliphatic rings. The Labute approximate surface area is 381 Å². The van der Waals surface area contributed by atoms with E-state index < -0.39 is 96.0 Å². The van der Waals surface area contributed by atoms with Gasteiger partial charge in [0.1, 0.15) is 36.3 Å². The van der Waals surface area contributed by atoms with Gasteiger partial charge in [-0.15, -0.1) is 5.06 Å². The lowest BCUT2D eigenvalue weighted by molar-refractivity contribution is -0.200. The molecule has 352 valence electrons. The summed E-state index contributed by atoms with van der Waals surface area (Å²) in [7, 11) is 0. The topological polar surface area (TPSA) is 258 Å². The molecule has 0 radical (unpaired) electrons. The summed E-state index contributed by atoms with van der Waals surface area (Å²) in [5.41, 5.74) is 6.97. The van der Waals surface area contributed by atoms with Crippen molar-refractivity contribution in [2.24, 2.45) is 5.73 Å². The lowest BCUT2D eigenvalue weighted by atomic mass is 10.0. The van der Waals surface area contributed by atoms with Crippen LogP contribution in [0, 0.1) is 0 Å². The fourth-order valence-corrected chi connectivity index (χ4v) is 9.60. The SMILES string of the molecule is NCC(=O)N1CCC[C@H]1C(=O)NCC(=O)N1CCC[C@H]1C(=O)N[C@@H](Cc1ccccc1)C(=O)N1CCC[C@H]1C(=O)N[C@@H](Cc1ccccc1)C(=O)N1CCC[C@H]1C(=O)ON1C(=O)CCC1=O. The minimum Gasteiger partial charge on any atom is -0.345 e. The first kappa shape index (κ1) is 47.3. The summed E-state index contributed by atoms with van der Waals surface area (Å²) in [6.45, 7) is 0.362. The van der Waals surface area contributed by atoms with Crippen LogP contribution in [0.2, 0.25) is 0 Å². The van der Waals surface area contributed by atoms with Crippen LogP contribution in [0.5, 0.6) is 0 Å². The Balaban J connectivity index is 1.03. The number of hydrogen-bond donors (Lipinski definition) is 4. The molecule has 6 atom stereocenters. The van der Waals surface area contributed by atoms with Crippen LogP contribution in [-0.4, -0.2) is 159 Å². The van der Waals surface area contributed by atoms with Crippen LogP contribution in [0.25, 0.3) is 0 Å². The molecule has 20 nitrogen and oxygen atoms in total. The highest BCUT2D eigenvalue weighted by molar-refractivity contribution is 6.02. The number of amides is 9. The maximum atomic E-state index is 14.6. The normalized spacial score (nSPS) is 22.6. The van der Waals surface area contributed by atoms with Crippen molar-refractivity contribution in [3.8, 4) is 0 Å². The van der Waals surface area contributed by atoms with Gasteiger partial charge in [0, 0.05) is 51.9 Å². The third-order valence-electron chi connectivity index (χ3n) is 13.0. The molecule has 9 amide bonds. The Kier molecular flexibility index (Phi) is 15.4. The molecule has 0 spiro atoms. The molecule has 2 aromatic carbocycles. The van der Waals surface area contributed by atoms with Gasteiger partial charge in [-0.3, -0.25) is 43.2 Å². The zero-order chi connectivity index (χ0) is 46.9. The average molecular weight is 912 g/mol. The van der Waals surface area contributed by atoms with E-state index in [2.05, 4.69) is 16.0 Å². The van der Waals surface area contributed by atoms with Gasteiger partial charge in [-0.2, -0.15) is 0 Å². The van der Waals surface area contributed by atoms with Crippen molar-refractivity contribution in [1.82, 2.24) is 40.6 Å². The number of likely N-dealkylation sites (tertiary alicyclic amines) is 4. The van der Waals surface area contributed by atoms with E-state index in [1.807, 2.05) is 18.2 Å². The summed E-state index contributed by atoms with van der Waals surface area (Å²) in [4.78, 5) is 145. The van der Waals surface area contributed by atoms with Crippen LogP contribution >= 0.6 is 0 Å². The molecule has 20 heteroatoms. The molecule has 5 aliphatic heterocycles. The number of hydroxylamine groups is 2. The smallest absolute Gasteiger partial charge is 0.345 e. The number of nitrogens with one attached hydrogen (secondary N) is 3. The Morgan fingerprint density at radius 3 is 1.45 bits per heavy atom. The van der Waals surface area contributed by atoms with Gasteiger partial charge >= 0.3 is 5.97 Å². The van der Waals surface area contributed by atoms with E-state index in [0.717, 1.165) is 5.56 Å². The Morgan fingerprint density at radius 2 is 0.970 bits per heavy atom. The summed E-state index contributed by atoms with van der Waals surface area (Å²) in [6, 6.07) is 11.9. The first-order valence-corrected chi connectivity index (χ1v) is 22.8. The first-order chi connectivity index (χ1) is 31.8. The second-order valence-corrected chi connectivity index (χ2v) is 17.3. The summed E-state index contributed by atoms with van der Waals surface area (Å²) in [5, 5.41) is 8.83. The molecule has 7 rings (SSSR count). The zero-order valence-electron chi connectivity index (χ0n) is 36.8. The lowest BCUT2D eigenvalue weighted by Crippen LogP contribution is -2.59. The number of nitrogens with two attached hydrogens (primary N) is 1. The van der Waals surface area contributed by atoms with Gasteiger partial charge in [0.05, 0.1) is 13.1 Å². The van der Waals surface area contributed by atoms with Crippen molar-refractivity contribution in [2.75, 3.05) is 39.3 Å². The van der Waals surface area contributed by atoms with Crippen LogP contribution < -0.4 is 21.7 Å². The highest BCUT2D eigenvalue weighted by atomic mass is 16.7. The number of hydrogen-bond acceptors (Lipinski definition) is 12. The molecule has 0 bridgehead atoms. The van der Waals surface area contributed by atoms with Gasteiger partial charge in [0.25, 0.3) is 11.8 Å². The molecule has 5 saturated heterocycles. The van der Waals surface area contributed by atoms with Crippen LogP contribution in [0.3, 0.4) is 0 Å². The number of imide groups is 1. The van der Waals surface area contributed by atoms with E-state index in [1.165, 1.54) is 19.6 Å². The van der Waals surface area contributed by atoms with E-state index in [9.17, 15) is 47.9 Å². The molecular formula is C46H57N9O11. The quantitative estimate of drug-likeness (QED) is 0.149. The van der Waals surface area contributed by atoms with E-state index in [-0.39, 0.29) is 70.6 Å². The van der Waals surface area contributed by atoms with Crippen molar-refractivity contribution in [1.29, 1.82) is 0 Å². The number of benzene rings is 2. The van der Waals surface area contributed by atoms with Crippen molar-refractivity contribution in [3.63, 3.8) is 0 Å². The highest BCUT2D eigenvalue weighted by Gasteiger charge is 2.45. The van der Waals surface area contributed by atoms with E-state index >= 15 is 0 Å². The van der Waals surface area contributed by atoms with Gasteiger partial charge in [0.15, 0.2) is 0 Å². The van der Waals surface area contributed by atoms with Crippen molar-refractivity contribution in [3.05, 3.63) is 71.8 Å². The van der Waals surface area contributed by atoms with Crippen LogP contribution in [0.1, 0.15) is 75.3 Å². The van der Waals surface area contributed by atoms with Gasteiger partial charge in [0.2, 0.25) is 41.4 Å². The monoisotopic (exact) mass is 911 g/mol. The zero-order valence-corrected chi connectivity index (χ0v) is 36.8. The highest BCUT2D eigenvalue weighted by Crippen LogP contribution is 2.26. The fraction of sp³-hybridized carbons (Fsp3) is 0.522. The maximum Gasteiger partial charge on any atom is 0.355 e. The third-order valence-corrected chi connectivity index (χ3v) is 13.0. The van der Waals surface area contributed by atoms with E-state index in [1.54, 1.807) is 42.5 Å². The molecule has 0 unspecified atom stereocenters. The lowest BCUT2D eigenvalue weighted by Gasteiger charge is -2.32. The van der Waals surface area contributed by atoms with E-state index in [4.69, 9.17) is 10.6 Å². The molecule has 2 aromatic rings. The number of nitrogens with zero attached hydrogens (tertiary/aromatic N) is 5. The van der Waals surface area contributed by atoms with Gasteiger partial charge in [-0.25, -0.2) is 4.79 Å². The average Bonchev–Trinajstić information content (AvgIpc) is 4.20. The third kappa shape index (κ3) is 10.9. The standard InChI is InChI=1S/C46H57N9O11/c47-27-39(58)51-21-7-15-33(51)41(60)48-28-40(59)52-22-8-16-34(52)42(61)49-31(25-29-11-3-1-4-12-29)44(63)53-23-9-17-35(53)43(62)50-32(26-30-13-5-2-6-14-30)45(64)54-24-10-18-36(54)46(65)66-55-37(56)19-20-38(55)57/h1-6,11-14,31-36H,7-10,15-28,47H2,(H,48,60)(H,49,61)(H,50,62)/t31-,32-,33-,34-,35-,36-/m0/s1. The molecule has 0 aromatic heterocycles. The number of rotatable bonds is 16. The molecule has 5 fully saturated rings. The first-order valence-electron chi connectivity index (χ1n) is 22.8. The summed E-state index contributed by atoms with van der Waals surface area (Å²) >= 11 is 0. The predicted molar refractivity (Wildman–Crippen MR) is 232 cm³/mol. The minimum atomic E-state index is -1.18. The van der Waals surface area contributed by atoms with E-state index in [0.29, 0.717) is 55.7 Å². The molecule has 66 heavy (non-hydrogen) atoms. The summed E-state index contributed by atoms with van der Waals surface area (Å²) in [6.07, 6.45) is 3.20. The Morgan fingerprint density at radius 1 is 0.561 bits per heavy atom. The second-order valence-electron chi connectivity index (χ2n) is 17.3. The van der Waals surface area contributed by atoms with Crippen LogP contribution in [0.4, 0.5) is 0 Å². The van der Waals surface area contributed by atoms with Gasteiger partial charge in [-0.05, 0) is 62.5 Å². The molecule has 5 heterocycles. The van der Waals surface area contributed by atoms with Crippen molar-refractivity contribution in [2.45, 2.75) is 113 Å². The second kappa shape index (κ2) is 21.5. The number of carbonyl (C=O) groups excluding carboxylic acids is 10. The molecule has 5 N–H and O–H groups in total. The van der Waals surface area contributed by atoms with Crippen molar-refractivity contribution < 1.29 is 52.8 Å². The van der Waals surface area contributed by atoms with Gasteiger partial charge < -0.3 is 46.1 Å². The molecular weight excluding hydrogens is 855 g/mol. The molecule has 0 saturated carbocycles. The largest absolute Gasteiger partial charge is 0.355 e. The number of carbonyl (C=O) groups is 10. The summed E-state index contributed by atoms with van der Waals surface area (Å²) in [5.74, 6) is -5.83. The molecule has 0 aliphatic carbocycles. The van der Waals surface area contributed by atoms with Gasteiger partial charge in [-0.1, -0.05) is 60.7 Å². The fourth-order valence-electron chi connectivity index (χ4n) is 9.60. The van der Waals surface area contributed by atoms with Crippen molar-refractivity contribution >= 4 is 59.1 Å². The maximum absolute atomic E-state index is 14.6. The Bertz CT molecular complexity index is 2180.